The number of ketones is 1. The van der Waals surface area contributed by atoms with Crippen LogP contribution >= 0.6 is 0 Å². The molecule has 1 aliphatic heterocycles. The van der Waals surface area contributed by atoms with Crippen molar-refractivity contribution >= 4 is 5.78 Å². The topological polar surface area (TPSA) is 40.5 Å². The predicted molar refractivity (Wildman–Crippen MR) is 67.3 cm³/mol. The highest BCUT2D eigenvalue weighted by atomic mass is 16.3. The van der Waals surface area contributed by atoms with Gasteiger partial charge in [-0.2, -0.15) is 0 Å². The Morgan fingerprint density at radius 2 is 1.88 bits per heavy atom. The Bertz CT molecular complexity index is 378. The molecule has 0 atom stereocenters. The van der Waals surface area contributed by atoms with Crippen molar-refractivity contribution in [3.8, 4) is 5.75 Å². The van der Waals surface area contributed by atoms with Gasteiger partial charge in [0.2, 0.25) is 0 Å². The summed E-state index contributed by atoms with van der Waals surface area (Å²) in [5.41, 5.74) is 0.682. The van der Waals surface area contributed by atoms with Crippen molar-refractivity contribution in [3.63, 3.8) is 0 Å². The quantitative estimate of drug-likeness (QED) is 0.814. The lowest BCUT2D eigenvalue weighted by Gasteiger charge is -2.29. The molecular weight excluding hydrogens is 214 g/mol. The maximum absolute atomic E-state index is 12.0. The van der Waals surface area contributed by atoms with Gasteiger partial charge >= 0.3 is 0 Å². The minimum absolute atomic E-state index is 0.138. The van der Waals surface area contributed by atoms with Crippen LogP contribution in [-0.2, 0) is 0 Å². The summed E-state index contributed by atoms with van der Waals surface area (Å²) in [6.45, 7) is 4.80. The van der Waals surface area contributed by atoms with E-state index >= 15 is 0 Å². The number of nitrogens with zero attached hydrogens (tertiary/aromatic N) is 1. The summed E-state index contributed by atoms with van der Waals surface area (Å²) in [4.78, 5) is 14.2. The van der Waals surface area contributed by atoms with Gasteiger partial charge in [-0.05, 0) is 56.1 Å². The van der Waals surface area contributed by atoms with Crippen LogP contribution in [0.15, 0.2) is 24.3 Å². The van der Waals surface area contributed by atoms with Crippen molar-refractivity contribution in [3.05, 3.63) is 29.8 Å². The van der Waals surface area contributed by atoms with Gasteiger partial charge in [0, 0.05) is 5.56 Å². The van der Waals surface area contributed by atoms with E-state index < -0.39 is 0 Å². The summed E-state index contributed by atoms with van der Waals surface area (Å²) in [6.07, 6.45) is 2.37. The van der Waals surface area contributed by atoms with Crippen LogP contribution < -0.4 is 0 Å². The Morgan fingerprint density at radius 1 is 1.29 bits per heavy atom. The van der Waals surface area contributed by atoms with E-state index in [0.29, 0.717) is 12.1 Å². The molecule has 3 heteroatoms. The molecule has 1 saturated heterocycles. The summed E-state index contributed by atoms with van der Waals surface area (Å²) in [5.74, 6) is 1.13. The number of carbonyl (C=O) groups is 1. The second-order valence-electron chi connectivity index (χ2n) is 4.93. The number of likely N-dealkylation sites (tertiary alicyclic amines) is 1. The van der Waals surface area contributed by atoms with Crippen molar-refractivity contribution in [2.45, 2.75) is 19.8 Å². The molecule has 1 fully saturated rings. The number of aromatic hydroxyl groups is 1. The van der Waals surface area contributed by atoms with Crippen LogP contribution in [0, 0.1) is 5.92 Å². The van der Waals surface area contributed by atoms with E-state index in [9.17, 15) is 4.79 Å². The zero-order chi connectivity index (χ0) is 12.3. The number of phenolic OH excluding ortho intramolecular Hbond substituents is 1. The number of carbonyl (C=O) groups excluding carboxylic acids is 1. The van der Waals surface area contributed by atoms with E-state index in [1.807, 2.05) is 0 Å². The summed E-state index contributed by atoms with van der Waals surface area (Å²) in [6, 6.07) is 6.49. The number of Topliss-reactive ketones (excluding diaryl/α,β-unsaturated/α-hetero) is 1. The predicted octanol–water partition coefficient (Wildman–Crippen LogP) is 2.31. The van der Waals surface area contributed by atoms with Crippen LogP contribution in [0.1, 0.15) is 30.1 Å². The second-order valence-corrected chi connectivity index (χ2v) is 4.93. The molecule has 0 spiro atoms. The summed E-state index contributed by atoms with van der Waals surface area (Å²) >= 11 is 0. The molecule has 0 amide bonds. The van der Waals surface area contributed by atoms with Gasteiger partial charge in [0.05, 0.1) is 6.54 Å². The van der Waals surface area contributed by atoms with Crippen molar-refractivity contribution in [1.29, 1.82) is 0 Å². The molecule has 1 aromatic carbocycles. The third-order valence-corrected chi connectivity index (χ3v) is 3.43. The summed E-state index contributed by atoms with van der Waals surface area (Å²) in [5, 5.41) is 9.17. The molecule has 1 N–H and O–H groups in total. The van der Waals surface area contributed by atoms with Gasteiger partial charge in [-0.1, -0.05) is 6.92 Å². The minimum atomic E-state index is 0.138. The zero-order valence-electron chi connectivity index (χ0n) is 10.2. The third-order valence-electron chi connectivity index (χ3n) is 3.43. The van der Waals surface area contributed by atoms with Gasteiger partial charge in [-0.3, -0.25) is 9.69 Å². The maximum atomic E-state index is 12.0. The average Bonchev–Trinajstić information content (AvgIpc) is 2.33. The van der Waals surface area contributed by atoms with Gasteiger partial charge in [-0.25, -0.2) is 0 Å². The monoisotopic (exact) mass is 233 g/mol. The molecule has 0 radical (unpaired) electrons. The molecule has 0 unspecified atom stereocenters. The molecular formula is C14H19NO2. The Balaban J connectivity index is 1.91. The number of hydrogen-bond donors (Lipinski definition) is 1. The maximum Gasteiger partial charge on any atom is 0.176 e. The number of piperidine rings is 1. The molecule has 2 rings (SSSR count). The Morgan fingerprint density at radius 3 is 2.47 bits per heavy atom. The molecule has 17 heavy (non-hydrogen) atoms. The Kier molecular flexibility index (Phi) is 3.79. The highest BCUT2D eigenvalue weighted by molar-refractivity contribution is 5.97. The molecule has 0 aromatic heterocycles. The van der Waals surface area contributed by atoms with E-state index in [2.05, 4.69) is 11.8 Å². The van der Waals surface area contributed by atoms with Gasteiger partial charge in [-0.15, -0.1) is 0 Å². The molecule has 0 bridgehead atoms. The van der Waals surface area contributed by atoms with Crippen LogP contribution in [0.3, 0.4) is 0 Å². The van der Waals surface area contributed by atoms with Gasteiger partial charge < -0.3 is 5.11 Å². The van der Waals surface area contributed by atoms with Crippen LogP contribution in [-0.4, -0.2) is 35.4 Å². The standard InChI is InChI=1S/C14H19NO2/c1-11-6-8-15(9-7-11)10-14(17)12-2-4-13(16)5-3-12/h2-5,11,16H,6-10H2,1H3. The van der Waals surface area contributed by atoms with Crippen molar-refractivity contribution in [2.75, 3.05) is 19.6 Å². The van der Waals surface area contributed by atoms with Crippen LogP contribution in [0.25, 0.3) is 0 Å². The lowest BCUT2D eigenvalue weighted by Crippen LogP contribution is -2.36. The number of hydrogen-bond acceptors (Lipinski definition) is 3. The largest absolute Gasteiger partial charge is 0.508 e. The number of rotatable bonds is 3. The first-order valence-electron chi connectivity index (χ1n) is 6.20. The molecule has 1 aromatic rings. The van der Waals surface area contributed by atoms with Crippen molar-refractivity contribution < 1.29 is 9.90 Å². The lowest BCUT2D eigenvalue weighted by atomic mass is 9.99. The van der Waals surface area contributed by atoms with E-state index in [4.69, 9.17) is 5.11 Å². The number of phenols is 1. The first-order chi connectivity index (χ1) is 8.15. The van der Waals surface area contributed by atoms with Crippen molar-refractivity contribution in [2.24, 2.45) is 5.92 Å². The molecule has 0 aliphatic carbocycles. The Labute approximate surface area is 102 Å². The minimum Gasteiger partial charge on any atom is -0.508 e. The lowest BCUT2D eigenvalue weighted by molar-refractivity contribution is 0.0900. The van der Waals surface area contributed by atoms with E-state index in [1.54, 1.807) is 24.3 Å². The first-order valence-corrected chi connectivity index (χ1v) is 6.20. The fourth-order valence-corrected chi connectivity index (χ4v) is 2.16. The zero-order valence-corrected chi connectivity index (χ0v) is 10.2. The third kappa shape index (κ3) is 3.30. The molecule has 1 heterocycles. The molecule has 92 valence electrons. The number of benzene rings is 1. The molecule has 1 aliphatic rings. The molecule has 0 saturated carbocycles. The van der Waals surface area contributed by atoms with E-state index in [0.717, 1.165) is 19.0 Å². The fourth-order valence-electron chi connectivity index (χ4n) is 2.16. The van der Waals surface area contributed by atoms with Gasteiger partial charge in [0.25, 0.3) is 0 Å². The SMILES string of the molecule is CC1CCN(CC(=O)c2ccc(O)cc2)CC1. The summed E-state index contributed by atoms with van der Waals surface area (Å²) in [7, 11) is 0. The second kappa shape index (κ2) is 5.32. The van der Waals surface area contributed by atoms with E-state index in [1.165, 1.54) is 12.8 Å². The normalized spacial score (nSPS) is 18.2. The van der Waals surface area contributed by atoms with Crippen LogP contribution in [0.2, 0.25) is 0 Å². The van der Waals surface area contributed by atoms with Crippen molar-refractivity contribution in [1.82, 2.24) is 4.90 Å². The summed E-state index contributed by atoms with van der Waals surface area (Å²) < 4.78 is 0. The van der Waals surface area contributed by atoms with E-state index in [-0.39, 0.29) is 11.5 Å². The van der Waals surface area contributed by atoms with Crippen LogP contribution in [0.5, 0.6) is 5.75 Å². The van der Waals surface area contributed by atoms with Gasteiger partial charge in [0.15, 0.2) is 5.78 Å². The molecule has 3 nitrogen and oxygen atoms in total. The highest BCUT2D eigenvalue weighted by Crippen LogP contribution is 2.17. The van der Waals surface area contributed by atoms with Crippen LogP contribution in [0.4, 0.5) is 0 Å². The highest BCUT2D eigenvalue weighted by Gasteiger charge is 2.18. The fraction of sp³-hybridized carbons (Fsp3) is 0.500. The Hall–Kier alpha value is -1.35. The average molecular weight is 233 g/mol. The first kappa shape index (κ1) is 12.1. The smallest absolute Gasteiger partial charge is 0.176 e. The van der Waals surface area contributed by atoms with Gasteiger partial charge in [0.1, 0.15) is 5.75 Å².